The second kappa shape index (κ2) is 10.5. The van der Waals surface area contributed by atoms with Crippen molar-refractivity contribution in [3.05, 3.63) is 95.1 Å². The van der Waals surface area contributed by atoms with Crippen LogP contribution >= 0.6 is 0 Å². The van der Waals surface area contributed by atoms with Gasteiger partial charge in [-0.15, -0.1) is 0 Å². The van der Waals surface area contributed by atoms with Gasteiger partial charge in [-0.1, -0.05) is 24.3 Å². The van der Waals surface area contributed by atoms with Crippen LogP contribution in [0.5, 0.6) is 11.5 Å². The number of hydrogen-bond donors (Lipinski definition) is 2. The van der Waals surface area contributed by atoms with Gasteiger partial charge in [-0.3, -0.25) is 9.59 Å². The second-order valence-electron chi connectivity index (χ2n) is 7.51. The molecule has 0 saturated heterocycles. The van der Waals surface area contributed by atoms with Gasteiger partial charge in [-0.05, 0) is 73.5 Å². The molecule has 0 radical (unpaired) electrons. The highest BCUT2D eigenvalue weighted by atomic mass is 16.5. The van der Waals surface area contributed by atoms with E-state index in [9.17, 15) is 9.59 Å². The molecule has 2 amide bonds. The number of hydrogen-bond acceptors (Lipinski definition) is 4. The summed E-state index contributed by atoms with van der Waals surface area (Å²) in [5, 5.41) is 5.94. The molecule has 0 unspecified atom stereocenters. The Balaban J connectivity index is 1.59. The second-order valence-corrected chi connectivity index (χ2v) is 7.51. The predicted molar refractivity (Wildman–Crippen MR) is 124 cm³/mol. The largest absolute Gasteiger partial charge is 0.497 e. The van der Waals surface area contributed by atoms with Gasteiger partial charge >= 0.3 is 0 Å². The number of rotatable bonds is 8. The van der Waals surface area contributed by atoms with Crippen molar-refractivity contribution in [1.29, 1.82) is 0 Å². The van der Waals surface area contributed by atoms with Crippen LogP contribution in [0.25, 0.3) is 0 Å². The van der Waals surface area contributed by atoms with Crippen LogP contribution in [0.4, 0.5) is 0 Å². The van der Waals surface area contributed by atoms with Crippen LogP contribution in [0.1, 0.15) is 57.8 Å². The van der Waals surface area contributed by atoms with E-state index in [2.05, 4.69) is 10.6 Å². The summed E-state index contributed by atoms with van der Waals surface area (Å²) in [6.07, 6.45) is 0. The number of carbonyl (C=O) groups excluding carboxylic acids is 2. The maximum atomic E-state index is 12.6. The molecule has 166 valence electrons. The third-order valence-electron chi connectivity index (χ3n) is 5.34. The van der Waals surface area contributed by atoms with Gasteiger partial charge in [0.2, 0.25) is 0 Å². The number of ether oxygens (including phenoxy) is 2. The molecule has 6 nitrogen and oxygen atoms in total. The minimum absolute atomic E-state index is 0.165. The molecule has 0 heterocycles. The third kappa shape index (κ3) is 5.66. The van der Waals surface area contributed by atoms with Crippen molar-refractivity contribution in [2.24, 2.45) is 0 Å². The van der Waals surface area contributed by atoms with Crippen molar-refractivity contribution >= 4 is 11.8 Å². The first-order chi connectivity index (χ1) is 15.4. The van der Waals surface area contributed by atoms with E-state index in [4.69, 9.17) is 9.47 Å². The summed E-state index contributed by atoms with van der Waals surface area (Å²) in [6.45, 7) is 3.84. The van der Waals surface area contributed by atoms with Crippen LogP contribution in [0.3, 0.4) is 0 Å². The van der Waals surface area contributed by atoms with Gasteiger partial charge in [0.25, 0.3) is 11.8 Å². The van der Waals surface area contributed by atoms with E-state index in [1.165, 1.54) is 0 Å². The molecule has 0 spiro atoms. The zero-order valence-electron chi connectivity index (χ0n) is 18.7. The molecule has 0 saturated carbocycles. The maximum absolute atomic E-state index is 12.6. The molecule has 0 bridgehead atoms. The summed E-state index contributed by atoms with van der Waals surface area (Å²) in [5.41, 5.74) is 2.93. The summed E-state index contributed by atoms with van der Waals surface area (Å²) in [5.74, 6) is 1.13. The average Bonchev–Trinajstić information content (AvgIpc) is 2.84. The van der Waals surface area contributed by atoms with Crippen molar-refractivity contribution in [3.63, 3.8) is 0 Å². The summed E-state index contributed by atoms with van der Waals surface area (Å²) in [6, 6.07) is 21.4. The normalized spacial score (nSPS) is 12.4. The standard InChI is InChI=1S/C26H28N2O4/c1-17(19-9-13-23(31-3)14-10-19)27-25(29)21-5-7-22(8-6-21)26(30)28-18(2)20-11-15-24(32-4)16-12-20/h5-18H,1-4H3,(H,27,29)(H,28,30)/t17-,18-/m1/s1. The fourth-order valence-corrected chi connectivity index (χ4v) is 3.28. The summed E-state index contributed by atoms with van der Waals surface area (Å²) >= 11 is 0. The predicted octanol–water partition coefficient (Wildman–Crippen LogP) is 4.69. The fourth-order valence-electron chi connectivity index (χ4n) is 3.28. The Hall–Kier alpha value is -3.80. The highest BCUT2D eigenvalue weighted by Crippen LogP contribution is 2.19. The van der Waals surface area contributed by atoms with Gasteiger partial charge in [-0.25, -0.2) is 0 Å². The number of amides is 2. The quantitative estimate of drug-likeness (QED) is 0.542. The molecule has 3 aromatic rings. The molecule has 0 aliphatic heterocycles. The van der Waals surface area contributed by atoms with Gasteiger partial charge in [0, 0.05) is 11.1 Å². The first kappa shape index (κ1) is 22.9. The summed E-state index contributed by atoms with van der Waals surface area (Å²) in [7, 11) is 3.23. The van der Waals surface area contributed by atoms with Crippen LogP contribution in [0, 0.1) is 0 Å². The van der Waals surface area contributed by atoms with E-state index in [-0.39, 0.29) is 23.9 Å². The Morgan fingerprint density at radius 1 is 0.594 bits per heavy atom. The van der Waals surface area contributed by atoms with E-state index < -0.39 is 0 Å². The Morgan fingerprint density at radius 2 is 0.906 bits per heavy atom. The molecule has 0 aliphatic carbocycles. The van der Waals surface area contributed by atoms with Crippen LogP contribution in [0.2, 0.25) is 0 Å². The lowest BCUT2D eigenvalue weighted by molar-refractivity contribution is 0.0927. The van der Waals surface area contributed by atoms with E-state index in [0.717, 1.165) is 22.6 Å². The molecule has 3 rings (SSSR count). The Labute approximate surface area is 188 Å². The molecular formula is C26H28N2O4. The number of methoxy groups -OCH3 is 2. The van der Waals surface area contributed by atoms with Gasteiger partial charge in [-0.2, -0.15) is 0 Å². The minimum Gasteiger partial charge on any atom is -0.497 e. The molecule has 0 aliphatic rings. The minimum atomic E-state index is -0.202. The maximum Gasteiger partial charge on any atom is 0.251 e. The van der Waals surface area contributed by atoms with Crippen LogP contribution in [0.15, 0.2) is 72.8 Å². The van der Waals surface area contributed by atoms with Crippen LogP contribution in [-0.2, 0) is 0 Å². The number of benzene rings is 3. The highest BCUT2D eigenvalue weighted by Gasteiger charge is 2.14. The third-order valence-corrected chi connectivity index (χ3v) is 5.34. The fraction of sp³-hybridized carbons (Fsp3) is 0.231. The van der Waals surface area contributed by atoms with Crippen molar-refractivity contribution < 1.29 is 19.1 Å². The van der Waals surface area contributed by atoms with Crippen molar-refractivity contribution in [3.8, 4) is 11.5 Å². The number of carbonyl (C=O) groups is 2. The first-order valence-corrected chi connectivity index (χ1v) is 10.4. The zero-order valence-corrected chi connectivity index (χ0v) is 18.7. The van der Waals surface area contributed by atoms with E-state index in [0.29, 0.717) is 11.1 Å². The average molecular weight is 433 g/mol. The molecule has 0 aromatic heterocycles. The summed E-state index contributed by atoms with van der Waals surface area (Å²) in [4.78, 5) is 25.2. The molecule has 2 atom stereocenters. The summed E-state index contributed by atoms with van der Waals surface area (Å²) < 4.78 is 10.3. The van der Waals surface area contributed by atoms with Crippen molar-refractivity contribution in [1.82, 2.24) is 10.6 Å². The Morgan fingerprint density at radius 3 is 1.19 bits per heavy atom. The van der Waals surface area contributed by atoms with Gasteiger partial charge < -0.3 is 20.1 Å². The van der Waals surface area contributed by atoms with E-state index in [1.54, 1.807) is 38.5 Å². The smallest absolute Gasteiger partial charge is 0.251 e. The van der Waals surface area contributed by atoms with Crippen LogP contribution < -0.4 is 20.1 Å². The molecule has 3 aromatic carbocycles. The highest BCUT2D eigenvalue weighted by molar-refractivity contribution is 5.98. The molecule has 6 heteroatoms. The van der Waals surface area contributed by atoms with Crippen molar-refractivity contribution in [2.75, 3.05) is 14.2 Å². The molecule has 2 N–H and O–H groups in total. The van der Waals surface area contributed by atoms with Crippen LogP contribution in [-0.4, -0.2) is 26.0 Å². The van der Waals surface area contributed by atoms with Gasteiger partial charge in [0.15, 0.2) is 0 Å². The first-order valence-electron chi connectivity index (χ1n) is 10.4. The lowest BCUT2D eigenvalue weighted by Crippen LogP contribution is -2.28. The topological polar surface area (TPSA) is 76.7 Å². The zero-order chi connectivity index (χ0) is 23.1. The monoisotopic (exact) mass is 432 g/mol. The molecule has 0 fully saturated rings. The lowest BCUT2D eigenvalue weighted by Gasteiger charge is -2.16. The van der Waals surface area contributed by atoms with Crippen molar-refractivity contribution in [2.45, 2.75) is 25.9 Å². The molecule has 32 heavy (non-hydrogen) atoms. The van der Waals surface area contributed by atoms with Gasteiger partial charge in [0.05, 0.1) is 26.3 Å². The van der Waals surface area contributed by atoms with E-state index in [1.807, 2.05) is 62.4 Å². The Kier molecular flexibility index (Phi) is 7.49. The lowest BCUT2D eigenvalue weighted by atomic mass is 10.1. The van der Waals surface area contributed by atoms with E-state index >= 15 is 0 Å². The SMILES string of the molecule is COc1ccc([C@@H](C)NC(=O)c2ccc(C(=O)N[C@H](C)c3ccc(OC)cc3)cc2)cc1. The van der Waals surface area contributed by atoms with Gasteiger partial charge in [0.1, 0.15) is 11.5 Å². The number of nitrogens with one attached hydrogen (secondary N) is 2. The molecular weight excluding hydrogens is 404 g/mol. The Bertz CT molecular complexity index is 958.